The topological polar surface area (TPSA) is 91.8 Å². The Kier molecular flexibility index (Phi) is 6.24. The largest absolute Gasteiger partial charge is 0.444 e. The highest BCUT2D eigenvalue weighted by Crippen LogP contribution is 2.19. The molecule has 1 aliphatic rings. The zero-order valence-electron chi connectivity index (χ0n) is 17.4. The smallest absolute Gasteiger partial charge is 0.291 e. The number of rotatable bonds is 5. The molecule has 1 fully saturated rings. The van der Waals surface area contributed by atoms with Crippen molar-refractivity contribution in [1.29, 1.82) is 0 Å². The van der Waals surface area contributed by atoms with Gasteiger partial charge in [0, 0.05) is 49.5 Å². The van der Waals surface area contributed by atoms with Crippen LogP contribution in [-0.4, -0.2) is 52.9 Å². The van der Waals surface area contributed by atoms with Gasteiger partial charge in [0.2, 0.25) is 0 Å². The minimum atomic E-state index is -0.372. The highest BCUT2D eigenvalue weighted by Gasteiger charge is 2.24. The van der Waals surface area contributed by atoms with Crippen molar-refractivity contribution in [3.05, 3.63) is 69.4 Å². The number of halogens is 1. The van der Waals surface area contributed by atoms with E-state index in [0.717, 1.165) is 36.7 Å². The zero-order chi connectivity index (χ0) is 22.0. The van der Waals surface area contributed by atoms with Crippen molar-refractivity contribution in [2.45, 2.75) is 20.4 Å². The Balaban J connectivity index is 1.35. The molecule has 31 heavy (non-hydrogen) atoms. The predicted molar refractivity (Wildman–Crippen MR) is 118 cm³/mol. The fraction of sp³-hybridized carbons (Fsp3) is 0.318. The number of aryl methyl sites for hydroxylation is 2. The standard InChI is InChI=1S/C22H23BrN4O4/c1-14-18(15(2)31-25-14)13-26-8-10-27(11-9-26)22(29)16-4-3-5-17(12-16)24-21(28)19-6-7-20(23)30-19/h3-7,12H,8-11,13H2,1-2H3,(H,24,28). The van der Waals surface area contributed by atoms with Crippen LogP contribution >= 0.6 is 15.9 Å². The molecule has 1 N–H and O–H groups in total. The summed E-state index contributed by atoms with van der Waals surface area (Å²) in [5.41, 5.74) is 3.11. The number of piperazine rings is 1. The minimum absolute atomic E-state index is 0.0474. The number of hydrogen-bond donors (Lipinski definition) is 1. The molecule has 4 rings (SSSR count). The summed E-state index contributed by atoms with van der Waals surface area (Å²) in [5.74, 6) is 0.617. The van der Waals surface area contributed by atoms with Crippen LogP contribution in [-0.2, 0) is 6.54 Å². The molecule has 0 aliphatic carbocycles. The summed E-state index contributed by atoms with van der Waals surface area (Å²) in [4.78, 5) is 29.4. The van der Waals surface area contributed by atoms with Crippen LogP contribution in [0.1, 0.15) is 37.9 Å². The molecule has 162 valence electrons. The lowest BCUT2D eigenvalue weighted by atomic mass is 10.1. The van der Waals surface area contributed by atoms with Gasteiger partial charge in [-0.25, -0.2) is 0 Å². The number of anilines is 1. The van der Waals surface area contributed by atoms with Gasteiger partial charge in [-0.05, 0) is 60.1 Å². The SMILES string of the molecule is Cc1noc(C)c1CN1CCN(C(=O)c2cccc(NC(=O)c3ccc(Br)o3)c2)CC1. The third kappa shape index (κ3) is 4.88. The van der Waals surface area contributed by atoms with E-state index in [1.54, 1.807) is 36.4 Å². The Morgan fingerprint density at radius 1 is 1.13 bits per heavy atom. The molecular weight excluding hydrogens is 464 g/mol. The molecule has 3 heterocycles. The van der Waals surface area contributed by atoms with E-state index in [0.29, 0.717) is 29.0 Å². The maximum absolute atomic E-state index is 13.0. The van der Waals surface area contributed by atoms with Crippen LogP contribution < -0.4 is 5.32 Å². The summed E-state index contributed by atoms with van der Waals surface area (Å²) in [6.07, 6.45) is 0. The lowest BCUT2D eigenvalue weighted by molar-refractivity contribution is 0.0627. The number of hydrogen-bond acceptors (Lipinski definition) is 6. The van der Waals surface area contributed by atoms with Gasteiger partial charge in [0.1, 0.15) is 5.76 Å². The maximum atomic E-state index is 13.0. The van der Waals surface area contributed by atoms with Crippen molar-refractivity contribution in [1.82, 2.24) is 15.0 Å². The van der Waals surface area contributed by atoms with Gasteiger partial charge in [0.05, 0.1) is 5.69 Å². The van der Waals surface area contributed by atoms with E-state index in [4.69, 9.17) is 8.94 Å². The van der Waals surface area contributed by atoms with Crippen molar-refractivity contribution in [2.24, 2.45) is 0 Å². The fourth-order valence-electron chi connectivity index (χ4n) is 3.60. The van der Waals surface area contributed by atoms with Gasteiger partial charge in [0.15, 0.2) is 10.4 Å². The van der Waals surface area contributed by atoms with Gasteiger partial charge in [0.25, 0.3) is 11.8 Å². The predicted octanol–water partition coefficient (Wildman–Crippen LogP) is 3.86. The van der Waals surface area contributed by atoms with Crippen LogP contribution in [0.2, 0.25) is 0 Å². The zero-order valence-corrected chi connectivity index (χ0v) is 18.9. The summed E-state index contributed by atoms with van der Waals surface area (Å²) in [5, 5.41) is 6.77. The normalized spacial score (nSPS) is 14.6. The van der Waals surface area contributed by atoms with E-state index < -0.39 is 0 Å². The third-order valence-electron chi connectivity index (χ3n) is 5.39. The Hall–Kier alpha value is -2.91. The number of aromatic nitrogens is 1. The molecule has 1 aromatic carbocycles. The van der Waals surface area contributed by atoms with E-state index in [2.05, 4.69) is 31.3 Å². The number of benzene rings is 1. The quantitative estimate of drug-likeness (QED) is 0.588. The molecule has 0 radical (unpaired) electrons. The maximum Gasteiger partial charge on any atom is 0.291 e. The molecule has 0 saturated carbocycles. The molecule has 0 bridgehead atoms. The van der Waals surface area contributed by atoms with Crippen molar-refractivity contribution < 1.29 is 18.5 Å². The molecule has 2 amide bonds. The summed E-state index contributed by atoms with van der Waals surface area (Å²) in [6, 6.07) is 10.2. The number of nitrogens with zero attached hydrogens (tertiary/aromatic N) is 3. The summed E-state index contributed by atoms with van der Waals surface area (Å²) < 4.78 is 11.0. The van der Waals surface area contributed by atoms with E-state index >= 15 is 0 Å². The van der Waals surface area contributed by atoms with E-state index in [-0.39, 0.29) is 17.6 Å². The second-order valence-corrected chi connectivity index (χ2v) is 8.29. The Bertz CT molecular complexity index is 1080. The molecule has 1 saturated heterocycles. The van der Waals surface area contributed by atoms with Crippen molar-refractivity contribution in [3.63, 3.8) is 0 Å². The molecule has 1 aliphatic heterocycles. The Labute approximate surface area is 188 Å². The first kappa shape index (κ1) is 21.3. The molecular formula is C22H23BrN4O4. The van der Waals surface area contributed by atoms with Crippen LogP contribution in [0.25, 0.3) is 0 Å². The number of furan rings is 1. The first-order chi connectivity index (χ1) is 14.9. The first-order valence-electron chi connectivity index (χ1n) is 10.0. The molecule has 0 unspecified atom stereocenters. The van der Waals surface area contributed by atoms with Crippen LogP contribution in [0.15, 0.2) is 50.0 Å². The van der Waals surface area contributed by atoms with Gasteiger partial charge in [-0.15, -0.1) is 0 Å². The number of nitrogens with one attached hydrogen (secondary N) is 1. The highest BCUT2D eigenvalue weighted by molar-refractivity contribution is 9.10. The van der Waals surface area contributed by atoms with Crippen LogP contribution in [0.3, 0.4) is 0 Å². The summed E-state index contributed by atoms with van der Waals surface area (Å²) in [6.45, 7) is 7.47. The summed E-state index contributed by atoms with van der Waals surface area (Å²) in [7, 11) is 0. The second kappa shape index (κ2) is 9.07. The summed E-state index contributed by atoms with van der Waals surface area (Å²) >= 11 is 3.18. The Morgan fingerprint density at radius 2 is 1.90 bits per heavy atom. The van der Waals surface area contributed by atoms with Crippen molar-refractivity contribution in [2.75, 3.05) is 31.5 Å². The Morgan fingerprint density at radius 3 is 2.55 bits per heavy atom. The van der Waals surface area contributed by atoms with Crippen molar-refractivity contribution in [3.8, 4) is 0 Å². The monoisotopic (exact) mass is 486 g/mol. The lowest BCUT2D eigenvalue weighted by Crippen LogP contribution is -2.48. The van der Waals surface area contributed by atoms with Gasteiger partial charge >= 0.3 is 0 Å². The van der Waals surface area contributed by atoms with Gasteiger partial charge < -0.3 is 19.2 Å². The van der Waals surface area contributed by atoms with E-state index in [1.165, 1.54) is 0 Å². The van der Waals surface area contributed by atoms with Crippen molar-refractivity contribution >= 4 is 33.4 Å². The molecule has 0 atom stereocenters. The molecule has 0 spiro atoms. The van der Waals surface area contributed by atoms with Crippen LogP contribution in [0.4, 0.5) is 5.69 Å². The first-order valence-corrected chi connectivity index (χ1v) is 10.8. The molecule has 3 aromatic rings. The molecule has 2 aromatic heterocycles. The van der Waals surface area contributed by atoms with E-state index in [9.17, 15) is 9.59 Å². The number of carbonyl (C=O) groups is 2. The van der Waals surface area contributed by atoms with Gasteiger partial charge in [-0.2, -0.15) is 0 Å². The lowest BCUT2D eigenvalue weighted by Gasteiger charge is -2.34. The number of carbonyl (C=O) groups excluding carboxylic acids is 2. The highest BCUT2D eigenvalue weighted by atomic mass is 79.9. The average Bonchev–Trinajstić information content (AvgIpc) is 3.34. The number of amides is 2. The fourth-order valence-corrected chi connectivity index (χ4v) is 3.91. The minimum Gasteiger partial charge on any atom is -0.444 e. The second-order valence-electron chi connectivity index (χ2n) is 7.51. The van der Waals surface area contributed by atoms with Crippen LogP contribution in [0, 0.1) is 13.8 Å². The third-order valence-corrected chi connectivity index (χ3v) is 5.81. The van der Waals surface area contributed by atoms with Gasteiger partial charge in [-0.1, -0.05) is 11.2 Å². The molecule has 8 nitrogen and oxygen atoms in total. The van der Waals surface area contributed by atoms with Gasteiger partial charge in [-0.3, -0.25) is 14.5 Å². The molecule has 9 heteroatoms. The average molecular weight is 487 g/mol. The van der Waals surface area contributed by atoms with E-state index in [1.807, 2.05) is 18.7 Å². The van der Waals surface area contributed by atoms with Crippen LogP contribution in [0.5, 0.6) is 0 Å².